The summed E-state index contributed by atoms with van der Waals surface area (Å²) in [5.74, 6) is 0. The molecule has 2 N–H and O–H groups in total. The van der Waals surface area contributed by atoms with Crippen molar-refractivity contribution in [3.63, 3.8) is 0 Å². The van der Waals surface area contributed by atoms with Crippen molar-refractivity contribution < 1.29 is 0 Å². The Morgan fingerprint density at radius 1 is 1.41 bits per heavy atom. The first-order valence-electron chi connectivity index (χ1n) is 7.30. The summed E-state index contributed by atoms with van der Waals surface area (Å²) in [7, 11) is 2.24. The van der Waals surface area contributed by atoms with E-state index < -0.39 is 0 Å². The van der Waals surface area contributed by atoms with Gasteiger partial charge in [-0.25, -0.2) is 0 Å². The second kappa shape index (κ2) is 5.25. The van der Waals surface area contributed by atoms with Gasteiger partial charge in [-0.1, -0.05) is 6.92 Å². The first-order chi connectivity index (χ1) is 8.13. The lowest BCUT2D eigenvalue weighted by Crippen LogP contribution is -2.61. The Balaban J connectivity index is 2.11. The molecule has 2 rings (SSSR count). The molecular formula is C14H29N3. The fourth-order valence-corrected chi connectivity index (χ4v) is 3.41. The molecule has 100 valence electrons. The molecule has 1 saturated carbocycles. The summed E-state index contributed by atoms with van der Waals surface area (Å²) in [4.78, 5) is 5.24. The Hall–Kier alpha value is -0.120. The smallest absolute Gasteiger partial charge is 0.0361 e. The molecule has 0 aromatic rings. The van der Waals surface area contributed by atoms with Crippen molar-refractivity contribution in [2.45, 2.75) is 63.6 Å². The number of likely N-dealkylation sites (tertiary alicyclic amines) is 1. The van der Waals surface area contributed by atoms with E-state index in [1.807, 2.05) is 0 Å². The van der Waals surface area contributed by atoms with Crippen LogP contribution in [0.15, 0.2) is 0 Å². The van der Waals surface area contributed by atoms with E-state index in [0.717, 1.165) is 12.6 Å². The van der Waals surface area contributed by atoms with Crippen molar-refractivity contribution in [2.75, 3.05) is 26.7 Å². The van der Waals surface area contributed by atoms with E-state index >= 15 is 0 Å². The SMILES string of the molecule is CCCN(C1CC1)C1(CN)CCN(C)C(C)C1. The van der Waals surface area contributed by atoms with Crippen molar-refractivity contribution in [1.82, 2.24) is 9.80 Å². The molecule has 2 atom stereocenters. The maximum atomic E-state index is 6.18. The molecule has 0 amide bonds. The summed E-state index contributed by atoms with van der Waals surface area (Å²) in [5.41, 5.74) is 6.48. The fraction of sp³-hybridized carbons (Fsp3) is 1.00. The quantitative estimate of drug-likeness (QED) is 0.792. The molecule has 1 saturated heterocycles. The molecule has 0 radical (unpaired) electrons. The largest absolute Gasteiger partial charge is 0.329 e. The zero-order valence-corrected chi connectivity index (χ0v) is 11.8. The summed E-state index contributed by atoms with van der Waals surface area (Å²) in [6, 6.07) is 1.51. The zero-order chi connectivity index (χ0) is 12.5. The minimum Gasteiger partial charge on any atom is -0.329 e. The number of hydrogen-bond acceptors (Lipinski definition) is 3. The van der Waals surface area contributed by atoms with Crippen LogP contribution in [-0.2, 0) is 0 Å². The highest BCUT2D eigenvalue weighted by atomic mass is 15.3. The summed E-state index contributed by atoms with van der Waals surface area (Å²) in [5, 5.41) is 0. The topological polar surface area (TPSA) is 32.5 Å². The standard InChI is InChI=1S/C14H29N3/c1-4-8-17(13-5-6-13)14(11-15)7-9-16(3)12(2)10-14/h12-13H,4-11,15H2,1-3H3. The monoisotopic (exact) mass is 239 g/mol. The van der Waals surface area contributed by atoms with Crippen LogP contribution in [0.2, 0.25) is 0 Å². The molecule has 0 aromatic carbocycles. The third-order valence-electron chi connectivity index (χ3n) is 4.80. The van der Waals surface area contributed by atoms with E-state index in [9.17, 15) is 0 Å². The number of piperidine rings is 1. The third-order valence-corrected chi connectivity index (χ3v) is 4.80. The molecule has 17 heavy (non-hydrogen) atoms. The molecule has 1 aliphatic heterocycles. The molecule has 1 aliphatic carbocycles. The van der Waals surface area contributed by atoms with Crippen molar-refractivity contribution in [2.24, 2.45) is 5.73 Å². The van der Waals surface area contributed by atoms with Crippen LogP contribution in [0.3, 0.4) is 0 Å². The van der Waals surface area contributed by atoms with Crippen LogP contribution in [0.4, 0.5) is 0 Å². The van der Waals surface area contributed by atoms with Gasteiger partial charge in [0.25, 0.3) is 0 Å². The lowest BCUT2D eigenvalue weighted by atomic mass is 9.81. The van der Waals surface area contributed by atoms with Crippen LogP contribution in [0.1, 0.15) is 46.0 Å². The molecule has 1 heterocycles. The molecule has 2 unspecified atom stereocenters. The van der Waals surface area contributed by atoms with Crippen LogP contribution in [-0.4, -0.2) is 54.1 Å². The van der Waals surface area contributed by atoms with Gasteiger partial charge < -0.3 is 10.6 Å². The highest BCUT2D eigenvalue weighted by Crippen LogP contribution is 2.39. The van der Waals surface area contributed by atoms with E-state index in [0.29, 0.717) is 11.6 Å². The number of nitrogens with two attached hydrogens (primary N) is 1. The fourth-order valence-electron chi connectivity index (χ4n) is 3.41. The number of rotatable bonds is 5. The minimum absolute atomic E-state index is 0.295. The molecule has 0 spiro atoms. The normalized spacial score (nSPS) is 35.5. The van der Waals surface area contributed by atoms with Gasteiger partial charge in [-0.05, 0) is 59.2 Å². The van der Waals surface area contributed by atoms with E-state index in [4.69, 9.17) is 5.73 Å². The van der Waals surface area contributed by atoms with Gasteiger partial charge in [-0.15, -0.1) is 0 Å². The maximum Gasteiger partial charge on any atom is 0.0361 e. The lowest BCUT2D eigenvalue weighted by Gasteiger charge is -2.50. The lowest BCUT2D eigenvalue weighted by molar-refractivity contribution is 0.00468. The van der Waals surface area contributed by atoms with Crippen molar-refractivity contribution in [1.29, 1.82) is 0 Å². The number of hydrogen-bond donors (Lipinski definition) is 1. The Labute approximate surface area is 106 Å². The summed E-state index contributed by atoms with van der Waals surface area (Å²) >= 11 is 0. The van der Waals surface area contributed by atoms with Crippen LogP contribution in [0.25, 0.3) is 0 Å². The molecule has 2 aliphatic rings. The maximum absolute atomic E-state index is 6.18. The van der Waals surface area contributed by atoms with Gasteiger partial charge in [-0.2, -0.15) is 0 Å². The molecular weight excluding hydrogens is 210 g/mol. The van der Waals surface area contributed by atoms with Crippen LogP contribution in [0, 0.1) is 0 Å². The summed E-state index contributed by atoms with van der Waals surface area (Å²) < 4.78 is 0. The molecule has 3 heteroatoms. The zero-order valence-electron chi connectivity index (χ0n) is 11.8. The van der Waals surface area contributed by atoms with Crippen LogP contribution >= 0.6 is 0 Å². The predicted molar refractivity (Wildman–Crippen MR) is 73.1 cm³/mol. The average Bonchev–Trinajstić information content (AvgIpc) is 3.14. The highest BCUT2D eigenvalue weighted by Gasteiger charge is 2.45. The van der Waals surface area contributed by atoms with Crippen LogP contribution in [0.5, 0.6) is 0 Å². The summed E-state index contributed by atoms with van der Waals surface area (Å²) in [6.07, 6.45) is 6.54. The highest BCUT2D eigenvalue weighted by molar-refractivity contribution is 5.03. The van der Waals surface area contributed by atoms with Gasteiger partial charge in [-0.3, -0.25) is 4.90 Å². The summed E-state index contributed by atoms with van der Waals surface area (Å²) in [6.45, 7) is 7.91. The number of nitrogens with zero attached hydrogens (tertiary/aromatic N) is 2. The Morgan fingerprint density at radius 3 is 2.59 bits per heavy atom. The minimum atomic E-state index is 0.295. The predicted octanol–water partition coefficient (Wildman–Crippen LogP) is 1.67. The third kappa shape index (κ3) is 2.67. The van der Waals surface area contributed by atoms with Crippen molar-refractivity contribution in [3.05, 3.63) is 0 Å². The van der Waals surface area contributed by atoms with E-state index in [-0.39, 0.29) is 0 Å². The first kappa shape index (κ1) is 13.3. The van der Waals surface area contributed by atoms with E-state index in [1.165, 1.54) is 45.2 Å². The second-order valence-electron chi connectivity index (χ2n) is 6.14. The van der Waals surface area contributed by atoms with Crippen molar-refractivity contribution in [3.8, 4) is 0 Å². The van der Waals surface area contributed by atoms with Crippen LogP contribution < -0.4 is 5.73 Å². The van der Waals surface area contributed by atoms with Gasteiger partial charge in [0.1, 0.15) is 0 Å². The molecule has 3 nitrogen and oxygen atoms in total. The van der Waals surface area contributed by atoms with Crippen molar-refractivity contribution >= 4 is 0 Å². The average molecular weight is 239 g/mol. The Morgan fingerprint density at radius 2 is 2.12 bits per heavy atom. The Kier molecular flexibility index (Phi) is 4.11. The van der Waals surface area contributed by atoms with Gasteiger partial charge in [0.05, 0.1) is 0 Å². The molecule has 0 bridgehead atoms. The Bertz CT molecular complexity index is 252. The van der Waals surface area contributed by atoms with Gasteiger partial charge in [0.2, 0.25) is 0 Å². The van der Waals surface area contributed by atoms with E-state index in [1.54, 1.807) is 0 Å². The molecule has 0 aromatic heterocycles. The van der Waals surface area contributed by atoms with Gasteiger partial charge >= 0.3 is 0 Å². The first-order valence-corrected chi connectivity index (χ1v) is 7.30. The van der Waals surface area contributed by atoms with Gasteiger partial charge in [0, 0.05) is 24.2 Å². The van der Waals surface area contributed by atoms with E-state index in [2.05, 4.69) is 30.7 Å². The molecule has 2 fully saturated rings. The second-order valence-corrected chi connectivity index (χ2v) is 6.14. The van der Waals surface area contributed by atoms with Gasteiger partial charge in [0.15, 0.2) is 0 Å².